The number of nitriles is 1. The Morgan fingerprint density at radius 3 is 2.70 bits per heavy atom. The molecule has 20 heavy (non-hydrogen) atoms. The average molecular weight is 275 g/mol. The van der Waals surface area contributed by atoms with E-state index in [1.165, 1.54) is 45.2 Å². The van der Waals surface area contributed by atoms with Crippen LogP contribution in [0.25, 0.3) is 0 Å². The highest BCUT2D eigenvalue weighted by Gasteiger charge is 2.40. The summed E-state index contributed by atoms with van der Waals surface area (Å²) >= 11 is 0. The van der Waals surface area contributed by atoms with Crippen LogP contribution < -0.4 is 5.73 Å². The van der Waals surface area contributed by atoms with Crippen molar-refractivity contribution in [1.82, 2.24) is 4.90 Å². The van der Waals surface area contributed by atoms with E-state index in [-0.39, 0.29) is 0 Å². The van der Waals surface area contributed by atoms with Crippen LogP contribution in [0.5, 0.6) is 0 Å². The highest BCUT2D eigenvalue weighted by Crippen LogP contribution is 2.38. The summed E-state index contributed by atoms with van der Waals surface area (Å²) in [5.41, 5.74) is 5.72. The van der Waals surface area contributed by atoms with Gasteiger partial charge in [-0.25, -0.2) is 0 Å². The number of hydrogen-bond acceptors (Lipinski definition) is 3. The van der Waals surface area contributed by atoms with E-state index in [1.807, 2.05) is 0 Å². The summed E-state index contributed by atoms with van der Waals surface area (Å²) in [7, 11) is 0. The van der Waals surface area contributed by atoms with Gasteiger partial charge in [-0.2, -0.15) is 5.26 Å². The van der Waals surface area contributed by atoms with Crippen molar-refractivity contribution in [2.75, 3.05) is 19.6 Å². The van der Waals surface area contributed by atoms with Crippen molar-refractivity contribution in [2.24, 2.45) is 23.5 Å². The van der Waals surface area contributed by atoms with Crippen LogP contribution in [0.3, 0.4) is 0 Å². The van der Waals surface area contributed by atoms with Gasteiger partial charge < -0.3 is 10.6 Å². The zero-order valence-electron chi connectivity index (χ0n) is 12.7. The molecule has 0 radical (unpaired) electrons. The summed E-state index contributed by atoms with van der Waals surface area (Å²) < 4.78 is 0. The molecule has 3 aliphatic rings. The lowest BCUT2D eigenvalue weighted by atomic mass is 9.75. The van der Waals surface area contributed by atoms with Crippen LogP contribution in [0.4, 0.5) is 0 Å². The second kappa shape index (κ2) is 6.03. The lowest BCUT2D eigenvalue weighted by Crippen LogP contribution is -2.45. The smallest absolute Gasteiger partial charge is 0.107 e. The number of fused-ring (bicyclic) bond motifs is 1. The van der Waals surface area contributed by atoms with Gasteiger partial charge in [-0.1, -0.05) is 25.7 Å². The monoisotopic (exact) mass is 275 g/mol. The van der Waals surface area contributed by atoms with Gasteiger partial charge in [-0.15, -0.1) is 0 Å². The number of piperidine rings is 1. The van der Waals surface area contributed by atoms with Crippen molar-refractivity contribution in [3.63, 3.8) is 0 Å². The largest absolute Gasteiger partial charge is 0.313 e. The van der Waals surface area contributed by atoms with Crippen LogP contribution in [0.1, 0.15) is 57.8 Å². The molecule has 3 fully saturated rings. The van der Waals surface area contributed by atoms with Crippen molar-refractivity contribution < 1.29 is 0 Å². The lowest BCUT2D eigenvalue weighted by Gasteiger charge is -2.41. The third-order valence-corrected chi connectivity index (χ3v) is 6.25. The van der Waals surface area contributed by atoms with Crippen LogP contribution in [0.2, 0.25) is 0 Å². The summed E-state index contributed by atoms with van der Waals surface area (Å²) in [6.45, 7) is 3.74. The molecular weight excluding hydrogens is 246 g/mol. The first kappa shape index (κ1) is 14.4. The fourth-order valence-corrected chi connectivity index (χ4v) is 4.87. The van der Waals surface area contributed by atoms with Gasteiger partial charge in [0.25, 0.3) is 0 Å². The van der Waals surface area contributed by atoms with Gasteiger partial charge >= 0.3 is 0 Å². The number of nitrogens with zero attached hydrogens (tertiary/aromatic N) is 2. The van der Waals surface area contributed by atoms with E-state index in [2.05, 4.69) is 11.0 Å². The zero-order valence-corrected chi connectivity index (χ0v) is 12.7. The molecule has 2 saturated carbocycles. The van der Waals surface area contributed by atoms with Gasteiger partial charge in [0.2, 0.25) is 0 Å². The van der Waals surface area contributed by atoms with E-state index in [1.54, 1.807) is 0 Å². The van der Waals surface area contributed by atoms with Crippen molar-refractivity contribution in [1.29, 1.82) is 5.26 Å². The molecule has 3 nitrogen and oxygen atoms in total. The van der Waals surface area contributed by atoms with E-state index in [9.17, 15) is 5.26 Å². The zero-order chi connectivity index (χ0) is 14.0. The predicted octanol–water partition coefficient (Wildman–Crippen LogP) is 2.91. The molecule has 0 bridgehead atoms. The second-order valence-electron chi connectivity index (χ2n) is 7.42. The van der Waals surface area contributed by atoms with Crippen LogP contribution in [-0.2, 0) is 0 Å². The van der Waals surface area contributed by atoms with Crippen LogP contribution >= 0.6 is 0 Å². The molecule has 0 aromatic heterocycles. The lowest BCUT2D eigenvalue weighted by molar-refractivity contribution is 0.0813. The second-order valence-corrected chi connectivity index (χ2v) is 7.42. The molecule has 4 unspecified atom stereocenters. The molecule has 3 rings (SSSR count). The first-order valence-corrected chi connectivity index (χ1v) is 8.64. The van der Waals surface area contributed by atoms with Crippen molar-refractivity contribution in [2.45, 2.75) is 63.3 Å². The van der Waals surface area contributed by atoms with Gasteiger partial charge in [0.15, 0.2) is 0 Å². The molecule has 2 N–H and O–H groups in total. The summed E-state index contributed by atoms with van der Waals surface area (Å²) in [6.07, 6.45) is 11.6. The first-order valence-electron chi connectivity index (χ1n) is 8.64. The van der Waals surface area contributed by atoms with Gasteiger partial charge in [0.1, 0.15) is 5.54 Å². The van der Waals surface area contributed by atoms with E-state index in [4.69, 9.17) is 5.73 Å². The molecule has 0 aromatic carbocycles. The normalized spacial score (nSPS) is 42.1. The van der Waals surface area contributed by atoms with Crippen molar-refractivity contribution in [3.05, 3.63) is 0 Å². The van der Waals surface area contributed by atoms with E-state index in [0.717, 1.165) is 44.1 Å². The fraction of sp³-hybridized carbons (Fsp3) is 0.941. The summed E-state index contributed by atoms with van der Waals surface area (Å²) in [4.78, 5) is 2.66. The van der Waals surface area contributed by atoms with E-state index < -0.39 is 5.54 Å². The number of likely N-dealkylation sites (tertiary alicyclic amines) is 1. The maximum Gasteiger partial charge on any atom is 0.107 e. The molecule has 0 aromatic rings. The maximum atomic E-state index is 9.30. The van der Waals surface area contributed by atoms with Crippen molar-refractivity contribution >= 4 is 0 Å². The molecule has 4 atom stereocenters. The molecule has 1 saturated heterocycles. The Labute approximate surface area is 123 Å². The Morgan fingerprint density at radius 2 is 1.90 bits per heavy atom. The quantitative estimate of drug-likeness (QED) is 0.861. The standard InChI is InChI=1S/C17H29N3/c18-13-17(19)9-3-6-16(17)8-11-20-10-7-14-4-1-2-5-15(14)12-20/h14-16H,1-12,19H2. The number of rotatable bonds is 3. The minimum absolute atomic E-state index is 0.427. The van der Waals surface area contributed by atoms with Gasteiger partial charge in [0.05, 0.1) is 6.07 Å². The van der Waals surface area contributed by atoms with Crippen molar-refractivity contribution in [3.8, 4) is 6.07 Å². The Hall–Kier alpha value is -0.590. The first-order chi connectivity index (χ1) is 9.71. The van der Waals surface area contributed by atoms with Crippen LogP contribution in [0.15, 0.2) is 0 Å². The molecule has 3 heteroatoms. The summed E-state index contributed by atoms with van der Waals surface area (Å²) in [5.74, 6) is 2.40. The molecule has 112 valence electrons. The Kier molecular flexibility index (Phi) is 4.33. The Morgan fingerprint density at radius 1 is 1.10 bits per heavy atom. The molecule has 0 amide bonds. The fourth-order valence-electron chi connectivity index (χ4n) is 4.87. The molecular formula is C17H29N3. The summed E-state index contributed by atoms with van der Waals surface area (Å²) in [6, 6.07) is 2.38. The SMILES string of the molecule is N#CC1(N)CCCC1CCN1CCC2CCCCC2C1. The van der Waals surface area contributed by atoms with Gasteiger partial charge in [-0.3, -0.25) is 0 Å². The highest BCUT2D eigenvalue weighted by molar-refractivity contribution is 5.12. The van der Waals surface area contributed by atoms with Gasteiger partial charge in [-0.05, 0) is 62.9 Å². The summed E-state index contributed by atoms with van der Waals surface area (Å²) in [5, 5.41) is 9.30. The topological polar surface area (TPSA) is 53.1 Å². The van der Waals surface area contributed by atoms with Crippen LogP contribution in [0, 0.1) is 29.1 Å². The third-order valence-electron chi connectivity index (χ3n) is 6.25. The molecule has 1 heterocycles. The highest BCUT2D eigenvalue weighted by atomic mass is 15.1. The minimum atomic E-state index is -0.525. The average Bonchev–Trinajstić information content (AvgIpc) is 2.87. The number of nitrogens with two attached hydrogens (primary N) is 1. The van der Waals surface area contributed by atoms with E-state index in [0.29, 0.717) is 5.92 Å². The maximum absolute atomic E-state index is 9.30. The molecule has 0 spiro atoms. The minimum Gasteiger partial charge on any atom is -0.313 e. The Bertz CT molecular complexity index is 375. The van der Waals surface area contributed by atoms with E-state index >= 15 is 0 Å². The Balaban J connectivity index is 1.48. The van der Waals surface area contributed by atoms with Gasteiger partial charge in [0, 0.05) is 6.54 Å². The molecule has 1 aliphatic heterocycles. The van der Waals surface area contributed by atoms with Crippen LogP contribution in [-0.4, -0.2) is 30.1 Å². The third kappa shape index (κ3) is 2.87. The predicted molar refractivity (Wildman–Crippen MR) is 81.0 cm³/mol. The number of hydrogen-bond donors (Lipinski definition) is 1. The molecule has 2 aliphatic carbocycles.